The molecule has 12 heavy (non-hydrogen) atoms. The summed E-state index contributed by atoms with van der Waals surface area (Å²) in [6.45, 7) is 5.06. The van der Waals surface area contributed by atoms with Crippen molar-refractivity contribution in [2.75, 3.05) is 6.61 Å². The van der Waals surface area contributed by atoms with Gasteiger partial charge in [-0.05, 0) is 6.07 Å². The summed E-state index contributed by atoms with van der Waals surface area (Å²) in [6.07, 6.45) is 3.35. The molecule has 0 bridgehead atoms. The largest absolute Gasteiger partial charge is 0.467 e. The highest BCUT2D eigenvalue weighted by Crippen LogP contribution is 2.07. The Morgan fingerprint density at radius 2 is 2.50 bits per heavy atom. The Kier molecular flexibility index (Phi) is 3.57. The van der Waals surface area contributed by atoms with E-state index in [1.54, 1.807) is 12.3 Å². The average Bonchev–Trinajstić information content (AvgIpc) is 2.53. The van der Waals surface area contributed by atoms with E-state index in [2.05, 4.69) is 6.58 Å². The van der Waals surface area contributed by atoms with Gasteiger partial charge in [0.1, 0.15) is 12.4 Å². The van der Waals surface area contributed by atoms with Crippen molar-refractivity contribution in [1.82, 2.24) is 0 Å². The van der Waals surface area contributed by atoms with Gasteiger partial charge < -0.3 is 14.9 Å². The zero-order chi connectivity index (χ0) is 8.81. The van der Waals surface area contributed by atoms with Gasteiger partial charge in [0, 0.05) is 12.1 Å². The lowest BCUT2D eigenvalue weighted by Crippen LogP contribution is -1.93. The fraction of sp³-hybridized carbons (Fsp3) is 0.333. The Morgan fingerprint density at radius 1 is 1.67 bits per heavy atom. The SMILES string of the molecule is C=CCOCc1cc(CN)co1. The third-order valence-electron chi connectivity index (χ3n) is 1.42. The third kappa shape index (κ3) is 2.53. The zero-order valence-electron chi connectivity index (χ0n) is 6.95. The van der Waals surface area contributed by atoms with Crippen LogP contribution >= 0.6 is 0 Å². The molecular formula is C9H13NO2. The Labute approximate surface area is 71.8 Å². The van der Waals surface area contributed by atoms with Crippen molar-refractivity contribution in [2.45, 2.75) is 13.2 Å². The molecule has 0 unspecified atom stereocenters. The number of nitrogens with two attached hydrogens (primary N) is 1. The van der Waals surface area contributed by atoms with Crippen LogP contribution in [0.2, 0.25) is 0 Å². The number of hydrogen-bond acceptors (Lipinski definition) is 3. The molecule has 0 radical (unpaired) electrons. The molecule has 0 aliphatic rings. The van der Waals surface area contributed by atoms with Crippen LogP contribution in [-0.4, -0.2) is 6.61 Å². The third-order valence-corrected chi connectivity index (χ3v) is 1.42. The van der Waals surface area contributed by atoms with Gasteiger partial charge in [-0.1, -0.05) is 6.08 Å². The minimum absolute atomic E-state index is 0.478. The van der Waals surface area contributed by atoms with E-state index in [1.807, 2.05) is 6.07 Å². The van der Waals surface area contributed by atoms with Crippen LogP contribution in [0.5, 0.6) is 0 Å². The molecule has 66 valence electrons. The number of rotatable bonds is 5. The summed E-state index contributed by atoms with van der Waals surface area (Å²) >= 11 is 0. The smallest absolute Gasteiger partial charge is 0.129 e. The molecule has 0 saturated carbocycles. The first-order valence-electron chi connectivity index (χ1n) is 3.82. The second kappa shape index (κ2) is 4.74. The molecule has 3 heteroatoms. The fourth-order valence-corrected chi connectivity index (χ4v) is 0.852. The first-order chi connectivity index (χ1) is 5.86. The number of furan rings is 1. The van der Waals surface area contributed by atoms with Crippen LogP contribution in [0.3, 0.4) is 0 Å². The highest BCUT2D eigenvalue weighted by Gasteiger charge is 1.98. The summed E-state index contributed by atoms with van der Waals surface area (Å²) in [5.74, 6) is 0.803. The van der Waals surface area contributed by atoms with Crippen LogP contribution < -0.4 is 5.73 Å². The van der Waals surface area contributed by atoms with E-state index < -0.39 is 0 Å². The molecule has 2 N–H and O–H groups in total. The van der Waals surface area contributed by atoms with Crippen molar-refractivity contribution < 1.29 is 9.15 Å². The molecule has 1 aromatic heterocycles. The quantitative estimate of drug-likeness (QED) is 0.533. The maximum absolute atomic E-state index is 5.40. The first kappa shape index (κ1) is 9.03. The second-order valence-electron chi connectivity index (χ2n) is 2.43. The van der Waals surface area contributed by atoms with Crippen molar-refractivity contribution >= 4 is 0 Å². The van der Waals surface area contributed by atoms with E-state index in [0.717, 1.165) is 11.3 Å². The molecule has 1 aromatic rings. The minimum atomic E-state index is 0.478. The van der Waals surface area contributed by atoms with Gasteiger partial charge in [0.15, 0.2) is 0 Å². The van der Waals surface area contributed by atoms with Gasteiger partial charge in [0.2, 0.25) is 0 Å². The normalized spacial score (nSPS) is 10.1. The van der Waals surface area contributed by atoms with Crippen LogP contribution in [0.25, 0.3) is 0 Å². The van der Waals surface area contributed by atoms with E-state index in [0.29, 0.717) is 19.8 Å². The molecule has 0 fully saturated rings. The number of hydrogen-bond donors (Lipinski definition) is 1. The van der Waals surface area contributed by atoms with Gasteiger partial charge in [-0.2, -0.15) is 0 Å². The summed E-state index contributed by atoms with van der Waals surface area (Å²) in [7, 11) is 0. The highest BCUT2D eigenvalue weighted by atomic mass is 16.5. The standard InChI is InChI=1S/C9H13NO2/c1-2-3-11-7-9-4-8(5-10)6-12-9/h2,4,6H,1,3,5,7,10H2. The zero-order valence-corrected chi connectivity index (χ0v) is 6.95. The van der Waals surface area contributed by atoms with E-state index in [4.69, 9.17) is 14.9 Å². The van der Waals surface area contributed by atoms with E-state index in [-0.39, 0.29) is 0 Å². The maximum atomic E-state index is 5.40. The molecule has 1 rings (SSSR count). The predicted octanol–water partition coefficient (Wildman–Crippen LogP) is 1.44. The fourth-order valence-electron chi connectivity index (χ4n) is 0.852. The van der Waals surface area contributed by atoms with E-state index in [1.165, 1.54) is 0 Å². The summed E-state index contributed by atoms with van der Waals surface area (Å²) in [5, 5.41) is 0. The molecule has 0 aromatic carbocycles. The van der Waals surface area contributed by atoms with E-state index >= 15 is 0 Å². The Balaban J connectivity index is 2.36. The predicted molar refractivity (Wildman–Crippen MR) is 46.5 cm³/mol. The lowest BCUT2D eigenvalue weighted by molar-refractivity contribution is 0.132. The molecule has 1 heterocycles. The lowest BCUT2D eigenvalue weighted by atomic mass is 10.3. The topological polar surface area (TPSA) is 48.4 Å². The Bertz CT molecular complexity index is 242. The minimum Gasteiger partial charge on any atom is -0.467 e. The monoisotopic (exact) mass is 167 g/mol. The summed E-state index contributed by atoms with van der Waals surface area (Å²) < 4.78 is 10.3. The molecule has 0 spiro atoms. The van der Waals surface area contributed by atoms with Gasteiger partial charge in [-0.25, -0.2) is 0 Å². The van der Waals surface area contributed by atoms with Crippen molar-refractivity contribution in [2.24, 2.45) is 5.73 Å². The maximum Gasteiger partial charge on any atom is 0.129 e. The van der Waals surface area contributed by atoms with Gasteiger partial charge in [-0.15, -0.1) is 6.58 Å². The van der Waals surface area contributed by atoms with Crippen molar-refractivity contribution in [3.63, 3.8) is 0 Å². The molecule has 3 nitrogen and oxygen atoms in total. The summed E-state index contributed by atoms with van der Waals surface area (Å²) in [4.78, 5) is 0. The van der Waals surface area contributed by atoms with Gasteiger partial charge in [0.05, 0.1) is 12.9 Å². The second-order valence-corrected chi connectivity index (χ2v) is 2.43. The van der Waals surface area contributed by atoms with Crippen LogP contribution in [0.15, 0.2) is 29.4 Å². The molecule has 0 aliphatic carbocycles. The molecule has 0 amide bonds. The average molecular weight is 167 g/mol. The van der Waals surface area contributed by atoms with Crippen molar-refractivity contribution in [3.8, 4) is 0 Å². The molecular weight excluding hydrogens is 154 g/mol. The lowest BCUT2D eigenvalue weighted by Gasteiger charge is -1.95. The molecule has 0 aliphatic heterocycles. The van der Waals surface area contributed by atoms with Crippen LogP contribution in [0.4, 0.5) is 0 Å². The van der Waals surface area contributed by atoms with Gasteiger partial charge >= 0.3 is 0 Å². The van der Waals surface area contributed by atoms with E-state index in [9.17, 15) is 0 Å². The molecule has 0 saturated heterocycles. The first-order valence-corrected chi connectivity index (χ1v) is 3.82. The van der Waals surface area contributed by atoms with Crippen LogP contribution in [0, 0.1) is 0 Å². The molecule has 0 atom stereocenters. The van der Waals surface area contributed by atoms with Crippen LogP contribution in [0.1, 0.15) is 11.3 Å². The number of ether oxygens (including phenoxy) is 1. The van der Waals surface area contributed by atoms with Gasteiger partial charge in [0.25, 0.3) is 0 Å². The summed E-state index contributed by atoms with van der Waals surface area (Å²) in [6, 6.07) is 1.89. The Morgan fingerprint density at radius 3 is 3.08 bits per heavy atom. The summed E-state index contributed by atoms with van der Waals surface area (Å²) in [5.41, 5.74) is 6.39. The van der Waals surface area contributed by atoms with Crippen molar-refractivity contribution in [1.29, 1.82) is 0 Å². The highest BCUT2D eigenvalue weighted by molar-refractivity contribution is 5.11. The Hall–Kier alpha value is -1.06. The van der Waals surface area contributed by atoms with Crippen molar-refractivity contribution in [3.05, 3.63) is 36.3 Å². The van der Waals surface area contributed by atoms with Crippen LogP contribution in [-0.2, 0) is 17.9 Å². The van der Waals surface area contributed by atoms with Gasteiger partial charge in [-0.3, -0.25) is 0 Å².